The number of rotatable bonds is 6. The van der Waals surface area contributed by atoms with Crippen molar-refractivity contribution in [3.05, 3.63) is 29.3 Å². The monoisotopic (exact) mass is 326 g/mol. The number of halogens is 1. The van der Waals surface area contributed by atoms with Gasteiger partial charge in [0.05, 0.1) is 10.3 Å². The number of carbonyl (C=O) groups is 1. The molecule has 1 saturated heterocycles. The van der Waals surface area contributed by atoms with Gasteiger partial charge in [0.15, 0.2) is 0 Å². The van der Waals surface area contributed by atoms with Crippen molar-refractivity contribution in [2.45, 2.75) is 29.9 Å². The topological polar surface area (TPSA) is 23.6 Å². The smallest absolute Gasteiger partial charge is 0.235 e. The molecule has 116 valence electrons. The highest BCUT2D eigenvalue weighted by atomic mass is 35.5. The molecular formula is C16H23ClN2OS. The summed E-state index contributed by atoms with van der Waals surface area (Å²) in [4.78, 5) is 17.6. The lowest BCUT2D eigenvalue weighted by molar-refractivity contribution is -0.129. The second-order valence-corrected chi connectivity index (χ2v) is 7.29. The minimum Gasteiger partial charge on any atom is -0.344 e. The third-order valence-corrected chi connectivity index (χ3v) is 5.42. The van der Waals surface area contributed by atoms with Crippen LogP contribution in [0.2, 0.25) is 5.02 Å². The van der Waals surface area contributed by atoms with Gasteiger partial charge in [-0.1, -0.05) is 23.7 Å². The summed E-state index contributed by atoms with van der Waals surface area (Å²) in [6.07, 6.45) is 2.58. The number of likely N-dealkylation sites (N-methyl/N-ethyl adjacent to an activating group) is 1. The van der Waals surface area contributed by atoms with E-state index in [1.54, 1.807) is 0 Å². The first-order chi connectivity index (χ1) is 10.1. The van der Waals surface area contributed by atoms with Crippen molar-refractivity contribution < 1.29 is 4.79 Å². The summed E-state index contributed by atoms with van der Waals surface area (Å²) < 4.78 is 0. The predicted molar refractivity (Wildman–Crippen MR) is 90.1 cm³/mol. The van der Waals surface area contributed by atoms with Crippen LogP contribution in [-0.2, 0) is 4.79 Å². The standard InChI is InChI=1S/C16H23ClN2OS/c1-13(21-15-8-4-3-7-14(15)17)16(20)18(2)11-12-19-9-5-6-10-19/h3-4,7-8,13H,5-6,9-12H2,1-2H3. The van der Waals surface area contributed by atoms with Gasteiger partial charge in [-0.3, -0.25) is 4.79 Å². The molecule has 0 aliphatic carbocycles. The van der Waals surface area contributed by atoms with Crippen molar-refractivity contribution in [1.29, 1.82) is 0 Å². The molecule has 2 rings (SSSR count). The summed E-state index contributed by atoms with van der Waals surface area (Å²) >= 11 is 7.68. The molecule has 0 spiro atoms. The van der Waals surface area contributed by atoms with Gasteiger partial charge in [-0.15, -0.1) is 11.8 Å². The van der Waals surface area contributed by atoms with Gasteiger partial charge in [0.25, 0.3) is 0 Å². The fourth-order valence-corrected chi connectivity index (χ4v) is 3.77. The van der Waals surface area contributed by atoms with Gasteiger partial charge in [-0.2, -0.15) is 0 Å². The highest BCUT2D eigenvalue weighted by molar-refractivity contribution is 8.00. The van der Waals surface area contributed by atoms with Crippen molar-refractivity contribution in [2.75, 3.05) is 33.2 Å². The summed E-state index contributed by atoms with van der Waals surface area (Å²) in [6.45, 7) is 6.07. The van der Waals surface area contributed by atoms with Gasteiger partial charge in [-0.05, 0) is 45.0 Å². The van der Waals surface area contributed by atoms with Gasteiger partial charge in [0.2, 0.25) is 5.91 Å². The maximum atomic E-state index is 12.4. The molecule has 1 unspecified atom stereocenters. The Kier molecular flexibility index (Phi) is 6.40. The Morgan fingerprint density at radius 1 is 1.38 bits per heavy atom. The van der Waals surface area contributed by atoms with Crippen molar-refractivity contribution >= 4 is 29.3 Å². The first kappa shape index (κ1) is 16.7. The zero-order valence-electron chi connectivity index (χ0n) is 12.7. The summed E-state index contributed by atoms with van der Waals surface area (Å²) in [5.74, 6) is 0.166. The number of amides is 1. The Bertz CT molecular complexity index is 477. The Hall–Kier alpha value is -0.710. The predicted octanol–water partition coefficient (Wildman–Crippen LogP) is 3.37. The third-order valence-electron chi connectivity index (χ3n) is 3.81. The molecule has 3 nitrogen and oxygen atoms in total. The molecule has 1 aliphatic rings. The van der Waals surface area contributed by atoms with Crippen molar-refractivity contribution in [1.82, 2.24) is 9.80 Å². The number of benzene rings is 1. The Morgan fingerprint density at radius 3 is 2.71 bits per heavy atom. The van der Waals surface area contributed by atoms with E-state index in [0.29, 0.717) is 5.02 Å². The number of carbonyl (C=O) groups excluding carboxylic acids is 1. The molecule has 0 bridgehead atoms. The molecule has 0 saturated carbocycles. The Balaban J connectivity index is 1.82. The van der Waals surface area contributed by atoms with Crippen LogP contribution in [0, 0.1) is 0 Å². The van der Waals surface area contributed by atoms with Crippen LogP contribution in [0.1, 0.15) is 19.8 Å². The molecule has 1 aromatic rings. The molecular weight excluding hydrogens is 304 g/mol. The van der Waals surface area contributed by atoms with E-state index >= 15 is 0 Å². The van der Waals surface area contributed by atoms with Crippen LogP contribution in [-0.4, -0.2) is 54.2 Å². The minimum atomic E-state index is -0.117. The van der Waals surface area contributed by atoms with Crippen LogP contribution in [0.25, 0.3) is 0 Å². The number of likely N-dealkylation sites (tertiary alicyclic amines) is 1. The second kappa shape index (κ2) is 8.06. The fourth-order valence-electron chi connectivity index (χ4n) is 2.50. The summed E-state index contributed by atoms with van der Waals surface area (Å²) in [5.41, 5.74) is 0. The quantitative estimate of drug-likeness (QED) is 0.749. The number of nitrogens with zero attached hydrogens (tertiary/aromatic N) is 2. The highest BCUT2D eigenvalue weighted by Gasteiger charge is 2.20. The molecule has 1 aliphatic heterocycles. The van der Waals surface area contributed by atoms with Gasteiger partial charge < -0.3 is 9.80 Å². The molecule has 1 fully saturated rings. The van der Waals surface area contributed by atoms with Crippen LogP contribution in [0.15, 0.2) is 29.2 Å². The van der Waals surface area contributed by atoms with E-state index < -0.39 is 0 Å². The first-order valence-corrected chi connectivity index (χ1v) is 8.72. The Labute approximate surface area is 136 Å². The van der Waals surface area contributed by atoms with Crippen molar-refractivity contribution in [3.8, 4) is 0 Å². The molecule has 0 aromatic heterocycles. The molecule has 1 atom stereocenters. The van der Waals surface area contributed by atoms with Gasteiger partial charge in [0, 0.05) is 25.0 Å². The lowest BCUT2D eigenvalue weighted by atomic mass is 10.4. The van der Waals surface area contributed by atoms with Gasteiger partial charge in [-0.25, -0.2) is 0 Å². The zero-order chi connectivity index (χ0) is 15.2. The number of hydrogen-bond donors (Lipinski definition) is 0. The lowest BCUT2D eigenvalue weighted by Gasteiger charge is -2.24. The van der Waals surface area contributed by atoms with E-state index in [1.807, 2.05) is 43.1 Å². The lowest BCUT2D eigenvalue weighted by Crippen LogP contribution is -2.38. The number of thioether (sulfide) groups is 1. The van der Waals surface area contributed by atoms with E-state index in [-0.39, 0.29) is 11.2 Å². The molecule has 0 radical (unpaired) electrons. The van der Waals surface area contributed by atoms with Gasteiger partial charge in [0.1, 0.15) is 0 Å². The van der Waals surface area contributed by atoms with E-state index in [0.717, 1.165) is 18.0 Å². The third kappa shape index (κ3) is 4.90. The summed E-state index contributed by atoms with van der Waals surface area (Å²) in [6, 6.07) is 7.67. The largest absolute Gasteiger partial charge is 0.344 e. The molecule has 5 heteroatoms. The average molecular weight is 327 g/mol. The van der Waals surface area contributed by atoms with Crippen molar-refractivity contribution in [2.24, 2.45) is 0 Å². The summed E-state index contributed by atoms with van der Waals surface area (Å²) in [5, 5.41) is 0.593. The first-order valence-electron chi connectivity index (χ1n) is 7.46. The SMILES string of the molecule is CC(Sc1ccccc1Cl)C(=O)N(C)CCN1CCCC1. The molecule has 1 heterocycles. The van der Waals surface area contributed by atoms with Crippen LogP contribution >= 0.6 is 23.4 Å². The molecule has 1 amide bonds. The average Bonchev–Trinajstić information content (AvgIpc) is 2.99. The fraction of sp³-hybridized carbons (Fsp3) is 0.562. The van der Waals surface area contributed by atoms with Crippen LogP contribution in [0.3, 0.4) is 0 Å². The van der Waals surface area contributed by atoms with E-state index in [4.69, 9.17) is 11.6 Å². The maximum Gasteiger partial charge on any atom is 0.235 e. The normalized spacial score (nSPS) is 16.9. The van der Waals surface area contributed by atoms with E-state index in [1.165, 1.54) is 37.7 Å². The summed E-state index contributed by atoms with van der Waals surface area (Å²) in [7, 11) is 1.89. The molecule has 1 aromatic carbocycles. The van der Waals surface area contributed by atoms with E-state index in [2.05, 4.69) is 4.90 Å². The molecule has 0 N–H and O–H groups in total. The van der Waals surface area contributed by atoms with E-state index in [9.17, 15) is 4.79 Å². The van der Waals surface area contributed by atoms with Crippen molar-refractivity contribution in [3.63, 3.8) is 0 Å². The van der Waals surface area contributed by atoms with Crippen LogP contribution < -0.4 is 0 Å². The maximum absolute atomic E-state index is 12.4. The molecule has 21 heavy (non-hydrogen) atoms. The number of hydrogen-bond acceptors (Lipinski definition) is 3. The zero-order valence-corrected chi connectivity index (χ0v) is 14.3. The highest BCUT2D eigenvalue weighted by Crippen LogP contribution is 2.30. The van der Waals surface area contributed by atoms with Gasteiger partial charge >= 0.3 is 0 Å². The van der Waals surface area contributed by atoms with Crippen LogP contribution in [0.4, 0.5) is 0 Å². The van der Waals surface area contributed by atoms with Crippen LogP contribution in [0.5, 0.6) is 0 Å². The Morgan fingerprint density at radius 2 is 2.05 bits per heavy atom. The second-order valence-electron chi connectivity index (χ2n) is 5.50. The minimum absolute atomic E-state index is 0.117.